The summed E-state index contributed by atoms with van der Waals surface area (Å²) in [5.41, 5.74) is 1.07. The highest BCUT2D eigenvalue weighted by Crippen LogP contribution is 2.27. The molecule has 0 radical (unpaired) electrons. The number of carbonyl (C=O) groups excluding carboxylic acids is 1. The van der Waals surface area contributed by atoms with E-state index in [-0.39, 0.29) is 11.6 Å². The van der Waals surface area contributed by atoms with E-state index in [4.69, 9.17) is 4.74 Å². The molecule has 23 heavy (non-hydrogen) atoms. The summed E-state index contributed by atoms with van der Waals surface area (Å²) in [4.78, 5) is 13.6. The maximum absolute atomic E-state index is 13.9. The summed E-state index contributed by atoms with van der Waals surface area (Å²) in [5.74, 6) is -1.71. The van der Waals surface area contributed by atoms with Gasteiger partial charge in [0.1, 0.15) is 17.3 Å². The van der Waals surface area contributed by atoms with Crippen LogP contribution < -0.4 is 4.90 Å². The molecule has 1 atom stereocenters. The van der Waals surface area contributed by atoms with Gasteiger partial charge in [0.2, 0.25) is 0 Å². The third kappa shape index (κ3) is 3.10. The Morgan fingerprint density at radius 3 is 2.52 bits per heavy atom. The molecule has 0 aromatic heterocycles. The van der Waals surface area contributed by atoms with Crippen molar-refractivity contribution in [1.29, 1.82) is 0 Å². The first kappa shape index (κ1) is 15.6. The van der Waals surface area contributed by atoms with Crippen LogP contribution in [0.3, 0.4) is 0 Å². The Hall–Kier alpha value is -2.27. The number of nitrogens with zero attached hydrogens (tertiary/aromatic N) is 1. The summed E-state index contributed by atoms with van der Waals surface area (Å²) in [5, 5.41) is 0. The first-order valence-corrected chi connectivity index (χ1v) is 7.47. The highest BCUT2D eigenvalue weighted by atomic mass is 19.1. The molecule has 3 nitrogen and oxygen atoms in total. The van der Waals surface area contributed by atoms with Crippen LogP contribution in [0, 0.1) is 11.6 Å². The SMILES string of the molecule is CN(C(=O)c1cccc([C@H]2CCOC2)c1)c1c(F)cccc1F. The lowest BCUT2D eigenvalue weighted by atomic mass is 9.96. The predicted molar refractivity (Wildman–Crippen MR) is 83.7 cm³/mol. The fraction of sp³-hybridized carbons (Fsp3) is 0.278. The van der Waals surface area contributed by atoms with Gasteiger partial charge in [-0.05, 0) is 36.2 Å². The zero-order valence-electron chi connectivity index (χ0n) is 12.8. The topological polar surface area (TPSA) is 29.5 Å². The third-order valence-electron chi connectivity index (χ3n) is 4.11. The number of halogens is 2. The molecule has 0 unspecified atom stereocenters. The molecule has 5 heteroatoms. The molecule has 1 saturated heterocycles. The zero-order valence-corrected chi connectivity index (χ0v) is 12.8. The van der Waals surface area contributed by atoms with Crippen LogP contribution in [-0.4, -0.2) is 26.2 Å². The molecule has 0 aliphatic carbocycles. The second-order valence-electron chi connectivity index (χ2n) is 5.62. The van der Waals surface area contributed by atoms with E-state index in [0.717, 1.165) is 29.0 Å². The first-order chi connectivity index (χ1) is 11.1. The van der Waals surface area contributed by atoms with E-state index in [1.54, 1.807) is 18.2 Å². The van der Waals surface area contributed by atoms with Crippen molar-refractivity contribution in [2.45, 2.75) is 12.3 Å². The Morgan fingerprint density at radius 1 is 1.17 bits per heavy atom. The van der Waals surface area contributed by atoms with Crippen molar-refractivity contribution in [2.75, 3.05) is 25.2 Å². The number of hydrogen-bond donors (Lipinski definition) is 0. The van der Waals surface area contributed by atoms with Crippen LogP contribution in [0.2, 0.25) is 0 Å². The lowest BCUT2D eigenvalue weighted by molar-refractivity contribution is 0.0991. The number of para-hydroxylation sites is 1. The fourth-order valence-electron chi connectivity index (χ4n) is 2.83. The quantitative estimate of drug-likeness (QED) is 0.863. The lowest BCUT2D eigenvalue weighted by Gasteiger charge is -2.19. The Kier molecular flexibility index (Phi) is 4.39. The molecule has 0 saturated carbocycles. The summed E-state index contributed by atoms with van der Waals surface area (Å²) >= 11 is 0. The van der Waals surface area contributed by atoms with Crippen LogP contribution in [0.15, 0.2) is 42.5 Å². The monoisotopic (exact) mass is 317 g/mol. The van der Waals surface area contributed by atoms with E-state index in [0.29, 0.717) is 18.8 Å². The Labute approximate surface area is 133 Å². The van der Waals surface area contributed by atoms with Gasteiger partial charge in [-0.3, -0.25) is 4.79 Å². The van der Waals surface area contributed by atoms with E-state index < -0.39 is 17.5 Å². The molecule has 3 rings (SSSR count). The normalized spacial score (nSPS) is 17.3. The average molecular weight is 317 g/mol. The van der Waals surface area contributed by atoms with E-state index in [2.05, 4.69) is 0 Å². The molecule has 1 fully saturated rings. The Bertz CT molecular complexity index is 706. The van der Waals surface area contributed by atoms with Crippen LogP contribution >= 0.6 is 0 Å². The van der Waals surface area contributed by atoms with Crippen molar-refractivity contribution in [3.63, 3.8) is 0 Å². The van der Waals surface area contributed by atoms with Gasteiger partial charge >= 0.3 is 0 Å². The summed E-state index contributed by atoms with van der Waals surface area (Å²) < 4.78 is 33.1. The second kappa shape index (κ2) is 6.46. The van der Waals surface area contributed by atoms with Crippen molar-refractivity contribution in [3.8, 4) is 0 Å². The summed E-state index contributed by atoms with van der Waals surface area (Å²) in [6.45, 7) is 1.35. The second-order valence-corrected chi connectivity index (χ2v) is 5.62. The summed E-state index contributed by atoms with van der Waals surface area (Å²) in [7, 11) is 1.37. The Balaban J connectivity index is 1.89. The summed E-state index contributed by atoms with van der Waals surface area (Å²) in [6.07, 6.45) is 0.912. The number of anilines is 1. The van der Waals surface area contributed by atoms with Crippen molar-refractivity contribution >= 4 is 11.6 Å². The molecule has 1 amide bonds. The molecule has 2 aromatic rings. The minimum Gasteiger partial charge on any atom is -0.381 e. The molecule has 0 spiro atoms. The predicted octanol–water partition coefficient (Wildman–Crippen LogP) is 3.75. The first-order valence-electron chi connectivity index (χ1n) is 7.47. The molecule has 1 aliphatic rings. The van der Waals surface area contributed by atoms with E-state index >= 15 is 0 Å². The van der Waals surface area contributed by atoms with Gasteiger partial charge in [0.25, 0.3) is 5.91 Å². The van der Waals surface area contributed by atoms with Gasteiger partial charge in [-0.25, -0.2) is 8.78 Å². The van der Waals surface area contributed by atoms with Crippen molar-refractivity contribution in [3.05, 3.63) is 65.2 Å². The molecular formula is C18H17F2NO2. The van der Waals surface area contributed by atoms with E-state index in [9.17, 15) is 13.6 Å². The maximum atomic E-state index is 13.9. The zero-order chi connectivity index (χ0) is 16.4. The molecular weight excluding hydrogens is 300 g/mol. The van der Waals surface area contributed by atoms with E-state index in [1.165, 1.54) is 13.1 Å². The molecule has 2 aromatic carbocycles. The van der Waals surface area contributed by atoms with Gasteiger partial charge in [0.05, 0.1) is 6.61 Å². The number of benzene rings is 2. The van der Waals surface area contributed by atoms with Gasteiger partial charge in [-0.2, -0.15) is 0 Å². The van der Waals surface area contributed by atoms with Crippen LogP contribution in [-0.2, 0) is 4.74 Å². The molecule has 120 valence electrons. The minimum atomic E-state index is -0.763. The third-order valence-corrected chi connectivity index (χ3v) is 4.11. The number of ether oxygens (including phenoxy) is 1. The lowest BCUT2D eigenvalue weighted by Crippen LogP contribution is -2.28. The molecule has 1 heterocycles. The molecule has 1 aliphatic heterocycles. The van der Waals surface area contributed by atoms with Crippen LogP contribution in [0.25, 0.3) is 0 Å². The van der Waals surface area contributed by atoms with Crippen molar-refractivity contribution < 1.29 is 18.3 Å². The van der Waals surface area contributed by atoms with Crippen molar-refractivity contribution in [1.82, 2.24) is 0 Å². The number of rotatable bonds is 3. The standard InChI is InChI=1S/C18H17F2NO2/c1-21(17-15(19)6-3-7-16(17)20)18(22)13-5-2-4-12(10-13)14-8-9-23-11-14/h2-7,10,14H,8-9,11H2,1H3/t14-/m0/s1. The van der Waals surface area contributed by atoms with Crippen LogP contribution in [0.5, 0.6) is 0 Å². The van der Waals surface area contributed by atoms with Gasteiger partial charge in [-0.1, -0.05) is 18.2 Å². The van der Waals surface area contributed by atoms with Gasteiger partial charge in [0, 0.05) is 25.1 Å². The highest BCUT2D eigenvalue weighted by molar-refractivity contribution is 6.06. The highest BCUT2D eigenvalue weighted by Gasteiger charge is 2.22. The van der Waals surface area contributed by atoms with Crippen molar-refractivity contribution in [2.24, 2.45) is 0 Å². The largest absolute Gasteiger partial charge is 0.381 e. The number of carbonyl (C=O) groups is 1. The molecule has 0 bridgehead atoms. The van der Waals surface area contributed by atoms with E-state index in [1.807, 2.05) is 6.07 Å². The number of amides is 1. The van der Waals surface area contributed by atoms with Crippen LogP contribution in [0.4, 0.5) is 14.5 Å². The van der Waals surface area contributed by atoms with Gasteiger partial charge in [-0.15, -0.1) is 0 Å². The maximum Gasteiger partial charge on any atom is 0.258 e. The van der Waals surface area contributed by atoms with Gasteiger partial charge in [0.15, 0.2) is 0 Å². The fourth-order valence-corrected chi connectivity index (χ4v) is 2.83. The Morgan fingerprint density at radius 2 is 1.87 bits per heavy atom. The number of hydrogen-bond acceptors (Lipinski definition) is 2. The van der Waals surface area contributed by atoms with Crippen LogP contribution in [0.1, 0.15) is 28.3 Å². The smallest absolute Gasteiger partial charge is 0.258 e. The molecule has 0 N–H and O–H groups in total. The van der Waals surface area contributed by atoms with Gasteiger partial charge < -0.3 is 9.64 Å². The summed E-state index contributed by atoms with van der Waals surface area (Å²) in [6, 6.07) is 10.7. The minimum absolute atomic E-state index is 0.262. The average Bonchev–Trinajstić information content (AvgIpc) is 3.08.